The highest BCUT2D eigenvalue weighted by molar-refractivity contribution is 7.13. The van der Waals surface area contributed by atoms with Crippen molar-refractivity contribution in [3.8, 4) is 10.6 Å². The lowest BCUT2D eigenvalue weighted by molar-refractivity contribution is 0.0946. The number of hydrogen-bond donors (Lipinski definition) is 3. The van der Waals surface area contributed by atoms with Crippen LogP contribution in [0.15, 0.2) is 58.4 Å². The fraction of sp³-hybridized carbons (Fsp3) is 0.182. The molecule has 4 aromatic rings. The Kier molecular flexibility index (Phi) is 6.23. The van der Waals surface area contributed by atoms with E-state index < -0.39 is 0 Å². The van der Waals surface area contributed by atoms with Crippen LogP contribution in [0.2, 0.25) is 0 Å². The van der Waals surface area contributed by atoms with Gasteiger partial charge in [0, 0.05) is 36.6 Å². The molecule has 0 radical (unpaired) electrons. The summed E-state index contributed by atoms with van der Waals surface area (Å²) in [6, 6.07) is 15.4. The van der Waals surface area contributed by atoms with Crippen LogP contribution < -0.4 is 16.0 Å². The molecule has 0 fully saturated rings. The zero-order chi connectivity index (χ0) is 21.6. The normalized spacial score (nSPS) is 10.6. The van der Waals surface area contributed by atoms with Crippen molar-refractivity contribution in [3.63, 3.8) is 0 Å². The van der Waals surface area contributed by atoms with E-state index in [1.165, 1.54) is 16.9 Å². The first-order chi connectivity index (χ1) is 15.1. The highest BCUT2D eigenvalue weighted by atomic mass is 32.1. The number of benzene rings is 1. The van der Waals surface area contributed by atoms with Crippen molar-refractivity contribution in [2.45, 2.75) is 13.8 Å². The van der Waals surface area contributed by atoms with Gasteiger partial charge >= 0.3 is 0 Å². The van der Waals surface area contributed by atoms with E-state index in [1.54, 1.807) is 6.07 Å². The molecule has 0 aliphatic carbocycles. The number of carbonyl (C=O) groups is 1. The van der Waals surface area contributed by atoms with Crippen LogP contribution in [0.5, 0.6) is 0 Å². The summed E-state index contributed by atoms with van der Waals surface area (Å²) in [6.07, 6.45) is 0. The van der Waals surface area contributed by atoms with Gasteiger partial charge in [-0.05, 0) is 37.4 Å². The fourth-order valence-corrected chi connectivity index (χ4v) is 3.53. The molecule has 1 aromatic carbocycles. The Morgan fingerprint density at radius 2 is 1.90 bits per heavy atom. The van der Waals surface area contributed by atoms with Crippen molar-refractivity contribution >= 4 is 34.7 Å². The molecule has 3 N–H and O–H groups in total. The Hall–Kier alpha value is -3.72. The van der Waals surface area contributed by atoms with Gasteiger partial charge < -0.3 is 20.5 Å². The van der Waals surface area contributed by atoms with E-state index in [9.17, 15) is 4.79 Å². The number of nitrogens with zero attached hydrogens (tertiary/aromatic N) is 3. The van der Waals surface area contributed by atoms with E-state index in [4.69, 9.17) is 4.52 Å². The van der Waals surface area contributed by atoms with Crippen molar-refractivity contribution in [2.75, 3.05) is 23.7 Å². The Bertz CT molecular complexity index is 1160. The molecular formula is C22H22N6O2S. The molecule has 0 bridgehead atoms. The van der Waals surface area contributed by atoms with Crippen LogP contribution in [0.3, 0.4) is 0 Å². The first-order valence-corrected chi connectivity index (χ1v) is 10.7. The molecule has 3 heterocycles. The molecule has 0 saturated heterocycles. The van der Waals surface area contributed by atoms with Gasteiger partial charge in [0.2, 0.25) is 5.95 Å². The summed E-state index contributed by atoms with van der Waals surface area (Å²) >= 11 is 1.53. The van der Waals surface area contributed by atoms with Crippen LogP contribution in [0.25, 0.3) is 10.6 Å². The predicted octanol–water partition coefficient (Wildman–Crippen LogP) is 4.40. The summed E-state index contributed by atoms with van der Waals surface area (Å²) in [5, 5.41) is 15.0. The molecule has 1 amide bonds. The minimum atomic E-state index is -0.291. The molecule has 31 heavy (non-hydrogen) atoms. The Morgan fingerprint density at radius 1 is 1.06 bits per heavy atom. The maximum absolute atomic E-state index is 12.3. The highest BCUT2D eigenvalue weighted by Crippen LogP contribution is 2.25. The minimum Gasteiger partial charge on any atom is -0.355 e. The van der Waals surface area contributed by atoms with E-state index in [0.29, 0.717) is 30.6 Å². The maximum Gasteiger partial charge on any atom is 0.273 e. The molecule has 0 unspecified atom stereocenters. The third-order valence-electron chi connectivity index (χ3n) is 4.38. The van der Waals surface area contributed by atoms with Gasteiger partial charge in [0.25, 0.3) is 5.91 Å². The van der Waals surface area contributed by atoms with Gasteiger partial charge in [-0.25, -0.2) is 4.98 Å². The van der Waals surface area contributed by atoms with E-state index >= 15 is 0 Å². The second kappa shape index (κ2) is 9.40. The third kappa shape index (κ3) is 5.46. The molecule has 4 rings (SSSR count). The van der Waals surface area contributed by atoms with Crippen LogP contribution in [-0.4, -0.2) is 34.1 Å². The number of aryl methyl sites for hydroxylation is 2. The number of hydrogen-bond acceptors (Lipinski definition) is 8. The van der Waals surface area contributed by atoms with Gasteiger partial charge in [0.15, 0.2) is 11.5 Å². The quantitative estimate of drug-likeness (QED) is 0.353. The summed E-state index contributed by atoms with van der Waals surface area (Å²) < 4.78 is 5.24. The topological polar surface area (TPSA) is 105 Å². The highest BCUT2D eigenvalue weighted by Gasteiger charge is 2.13. The first-order valence-electron chi connectivity index (χ1n) is 9.79. The lowest BCUT2D eigenvalue weighted by Gasteiger charge is -2.10. The molecular weight excluding hydrogens is 412 g/mol. The van der Waals surface area contributed by atoms with Crippen LogP contribution in [0.4, 0.5) is 17.5 Å². The number of amides is 1. The first kappa shape index (κ1) is 20.5. The van der Waals surface area contributed by atoms with Crippen LogP contribution in [-0.2, 0) is 0 Å². The third-order valence-corrected chi connectivity index (χ3v) is 5.26. The SMILES string of the molecule is Cc1ccc(Nc2cc(C)nc(NCCNC(=O)c3cc(-c4cccs4)on3)n2)cc1. The smallest absolute Gasteiger partial charge is 0.273 e. The van der Waals surface area contributed by atoms with Gasteiger partial charge in [-0.1, -0.05) is 28.9 Å². The molecule has 158 valence electrons. The molecule has 0 aliphatic rings. The van der Waals surface area contributed by atoms with E-state index in [1.807, 2.05) is 61.7 Å². The molecule has 0 spiro atoms. The van der Waals surface area contributed by atoms with Crippen LogP contribution >= 0.6 is 11.3 Å². The summed E-state index contributed by atoms with van der Waals surface area (Å²) in [5.41, 5.74) is 3.23. The molecule has 0 aliphatic heterocycles. The average Bonchev–Trinajstić information content (AvgIpc) is 3.44. The van der Waals surface area contributed by atoms with Gasteiger partial charge in [0.05, 0.1) is 4.88 Å². The zero-order valence-electron chi connectivity index (χ0n) is 17.2. The lowest BCUT2D eigenvalue weighted by Crippen LogP contribution is -2.29. The van der Waals surface area contributed by atoms with E-state index in [-0.39, 0.29) is 11.6 Å². The molecule has 0 saturated carbocycles. The van der Waals surface area contributed by atoms with Crippen molar-refractivity contribution in [2.24, 2.45) is 0 Å². The standard InChI is InChI=1S/C22H22N6O2S/c1-14-5-7-16(8-6-14)26-20-12-15(2)25-22(27-20)24-10-9-23-21(29)17-13-18(30-28-17)19-4-3-11-31-19/h3-8,11-13H,9-10H2,1-2H3,(H,23,29)(H2,24,25,26,27). The largest absolute Gasteiger partial charge is 0.355 e. The van der Waals surface area contributed by atoms with Crippen molar-refractivity contribution in [1.29, 1.82) is 0 Å². The number of aromatic nitrogens is 3. The lowest BCUT2D eigenvalue weighted by atomic mass is 10.2. The van der Waals surface area contributed by atoms with Crippen molar-refractivity contribution in [3.05, 3.63) is 70.9 Å². The number of anilines is 3. The number of rotatable bonds is 8. The van der Waals surface area contributed by atoms with Crippen LogP contribution in [0, 0.1) is 13.8 Å². The van der Waals surface area contributed by atoms with Crippen LogP contribution in [0.1, 0.15) is 21.7 Å². The summed E-state index contributed by atoms with van der Waals surface area (Å²) in [7, 11) is 0. The van der Waals surface area contributed by atoms with E-state index in [0.717, 1.165) is 16.3 Å². The second-order valence-electron chi connectivity index (χ2n) is 6.95. The summed E-state index contributed by atoms with van der Waals surface area (Å²) in [5.74, 6) is 1.48. The molecule has 9 heteroatoms. The summed E-state index contributed by atoms with van der Waals surface area (Å²) in [6.45, 7) is 4.81. The number of thiophene rings is 1. The van der Waals surface area contributed by atoms with Crippen molar-refractivity contribution < 1.29 is 9.32 Å². The maximum atomic E-state index is 12.3. The number of nitrogens with one attached hydrogen (secondary N) is 3. The Balaban J connectivity index is 1.29. The predicted molar refractivity (Wildman–Crippen MR) is 122 cm³/mol. The number of carbonyl (C=O) groups excluding carboxylic acids is 1. The van der Waals surface area contributed by atoms with E-state index in [2.05, 4.69) is 31.1 Å². The van der Waals surface area contributed by atoms with Gasteiger partial charge in [0.1, 0.15) is 5.82 Å². The zero-order valence-corrected chi connectivity index (χ0v) is 18.0. The minimum absolute atomic E-state index is 0.250. The average molecular weight is 435 g/mol. The Labute approximate surface area is 183 Å². The second-order valence-corrected chi connectivity index (χ2v) is 7.89. The monoisotopic (exact) mass is 434 g/mol. The van der Waals surface area contributed by atoms with Crippen molar-refractivity contribution in [1.82, 2.24) is 20.4 Å². The molecule has 8 nitrogen and oxygen atoms in total. The summed E-state index contributed by atoms with van der Waals surface area (Å²) in [4.78, 5) is 22.1. The fourth-order valence-electron chi connectivity index (χ4n) is 2.85. The Morgan fingerprint density at radius 3 is 2.68 bits per heavy atom. The van der Waals surface area contributed by atoms with Gasteiger partial charge in [-0.2, -0.15) is 4.98 Å². The van der Waals surface area contributed by atoms with Gasteiger partial charge in [-0.15, -0.1) is 11.3 Å². The molecule has 0 atom stereocenters. The molecule has 3 aromatic heterocycles. The van der Waals surface area contributed by atoms with Gasteiger partial charge in [-0.3, -0.25) is 4.79 Å².